The predicted octanol–water partition coefficient (Wildman–Crippen LogP) is -0.373. The average molecular weight is 415 g/mol. The maximum atomic E-state index is 12.0. The van der Waals surface area contributed by atoms with Crippen LogP contribution < -0.4 is 4.13 Å². The molecule has 0 heterocycles. The van der Waals surface area contributed by atoms with E-state index < -0.39 is 36.0 Å². The first-order chi connectivity index (χ1) is 6.21. The van der Waals surface area contributed by atoms with Crippen LogP contribution in [-0.4, -0.2) is 97.2 Å². The SMILES string of the molecule is O=S(=O)(F)NS(=O)(=O)C(F)(F)C(F)(F)F.[CsH]. The summed E-state index contributed by atoms with van der Waals surface area (Å²) >= 11 is 0. The quantitative estimate of drug-likeness (QED) is 0.504. The van der Waals surface area contributed by atoms with Crippen molar-refractivity contribution in [1.29, 1.82) is 0 Å². The van der Waals surface area contributed by atoms with E-state index in [-0.39, 0.29) is 68.9 Å². The molecule has 0 saturated heterocycles. The van der Waals surface area contributed by atoms with E-state index in [0.29, 0.717) is 0 Å². The molecule has 0 atom stereocenters. The fraction of sp³-hybridized carbons (Fsp3) is 1.00. The Balaban J connectivity index is 0. The van der Waals surface area contributed by atoms with Crippen molar-refractivity contribution >= 4 is 89.3 Å². The Kier molecular flexibility index (Phi) is 6.99. The molecule has 5 nitrogen and oxygen atoms in total. The first kappa shape index (κ1) is 19.8. The van der Waals surface area contributed by atoms with Crippen molar-refractivity contribution in [2.75, 3.05) is 0 Å². The molecule has 0 unspecified atom stereocenters. The van der Waals surface area contributed by atoms with Crippen LogP contribution in [0.15, 0.2) is 0 Å². The second kappa shape index (κ2) is 5.64. The van der Waals surface area contributed by atoms with Gasteiger partial charge in [0.25, 0.3) is 0 Å². The van der Waals surface area contributed by atoms with Gasteiger partial charge in [0, 0.05) is 0 Å². The number of hydrogen-bond donors (Lipinski definition) is 1. The van der Waals surface area contributed by atoms with Crippen LogP contribution in [0.1, 0.15) is 0 Å². The van der Waals surface area contributed by atoms with E-state index in [2.05, 4.69) is 0 Å². The number of halogens is 6. The Labute approximate surface area is 145 Å². The summed E-state index contributed by atoms with van der Waals surface area (Å²) in [7, 11) is -13.0. The Morgan fingerprint density at radius 3 is 1.38 bits per heavy atom. The van der Waals surface area contributed by atoms with Crippen LogP contribution in [0, 0.1) is 0 Å². The topological polar surface area (TPSA) is 80.3 Å². The zero-order valence-electron chi connectivity index (χ0n) is 6.22. The molecule has 0 saturated carbocycles. The van der Waals surface area contributed by atoms with Gasteiger partial charge in [-0.3, -0.25) is 0 Å². The van der Waals surface area contributed by atoms with Gasteiger partial charge >= 0.3 is 101 Å². The molecule has 0 aromatic rings. The third-order valence-electron chi connectivity index (χ3n) is 0.877. The van der Waals surface area contributed by atoms with Crippen LogP contribution in [-0.2, 0) is 20.4 Å². The van der Waals surface area contributed by atoms with Crippen molar-refractivity contribution in [3.8, 4) is 0 Å². The Morgan fingerprint density at radius 2 is 1.19 bits per heavy atom. The number of hydrogen-bond acceptors (Lipinski definition) is 4. The number of sulfonamides is 1. The van der Waals surface area contributed by atoms with Gasteiger partial charge in [-0.1, -0.05) is 8.01 Å². The summed E-state index contributed by atoms with van der Waals surface area (Å²) in [5.41, 5.74) is 0. The van der Waals surface area contributed by atoms with E-state index in [1.807, 2.05) is 0 Å². The average Bonchev–Trinajstić information content (AvgIpc) is 1.77. The molecule has 0 bridgehead atoms. The second-order valence-electron chi connectivity index (χ2n) is 2.04. The molecule has 0 spiro atoms. The van der Waals surface area contributed by atoms with Crippen LogP contribution >= 0.6 is 0 Å². The zero-order valence-corrected chi connectivity index (χ0v) is 7.85. The summed E-state index contributed by atoms with van der Waals surface area (Å²) in [5, 5.41) is -6.42. The molecule has 0 radical (unpaired) electrons. The zero-order chi connectivity index (χ0) is 12.7. The van der Waals surface area contributed by atoms with Gasteiger partial charge in [-0.05, 0) is 0 Å². The molecule has 0 aliphatic rings. The van der Waals surface area contributed by atoms with Gasteiger partial charge in [-0.25, -0.2) is 8.42 Å². The third-order valence-corrected chi connectivity index (χ3v) is 3.46. The minimum atomic E-state index is -6.75. The van der Waals surface area contributed by atoms with Gasteiger partial charge < -0.3 is 0 Å². The molecule has 0 aromatic carbocycles. The van der Waals surface area contributed by atoms with E-state index >= 15 is 0 Å². The van der Waals surface area contributed by atoms with Gasteiger partial charge in [0.05, 0.1) is 0 Å². The molecule has 16 heavy (non-hydrogen) atoms. The molecule has 0 amide bonds. The summed E-state index contributed by atoms with van der Waals surface area (Å²) in [6.07, 6.45) is -6.57. The van der Waals surface area contributed by atoms with Crippen LogP contribution in [0.4, 0.5) is 25.8 Å². The van der Waals surface area contributed by atoms with E-state index in [4.69, 9.17) is 0 Å². The summed E-state index contributed by atoms with van der Waals surface area (Å²) in [6, 6.07) is 0. The van der Waals surface area contributed by atoms with E-state index in [1.165, 1.54) is 0 Å². The second-order valence-corrected chi connectivity index (χ2v) is 5.10. The number of nitrogens with one attached hydrogen (secondary N) is 1. The summed E-state index contributed by atoms with van der Waals surface area (Å²) in [5.74, 6) is 0. The summed E-state index contributed by atoms with van der Waals surface area (Å²) in [6.45, 7) is 0. The summed E-state index contributed by atoms with van der Waals surface area (Å²) in [4.78, 5) is 0. The van der Waals surface area contributed by atoms with Gasteiger partial charge in [0.2, 0.25) is 0 Å². The Hall–Kier alpha value is 1.49. The molecule has 0 rings (SSSR count). The molecule has 0 aliphatic carbocycles. The van der Waals surface area contributed by atoms with E-state index in [1.54, 1.807) is 0 Å². The third kappa shape index (κ3) is 5.01. The van der Waals surface area contributed by atoms with Crippen molar-refractivity contribution in [1.82, 2.24) is 4.13 Å². The van der Waals surface area contributed by atoms with E-state index in [0.717, 1.165) is 0 Å². The first-order valence-corrected chi connectivity index (χ1v) is 5.49. The fourth-order valence-electron chi connectivity index (χ4n) is 0.336. The number of rotatable bonds is 3. The molecular weight excluding hydrogens is 413 g/mol. The molecular formula is C2H2CsF6NO4S2. The van der Waals surface area contributed by atoms with Crippen molar-refractivity contribution in [2.24, 2.45) is 0 Å². The monoisotopic (exact) mass is 415 g/mol. The van der Waals surface area contributed by atoms with E-state index in [9.17, 15) is 42.7 Å². The van der Waals surface area contributed by atoms with Gasteiger partial charge in [0.1, 0.15) is 0 Å². The predicted molar refractivity (Wildman–Crippen MR) is 40.2 cm³/mol. The Bertz CT molecular complexity index is 438. The van der Waals surface area contributed by atoms with Gasteiger partial charge in [-0.15, -0.1) is 0 Å². The van der Waals surface area contributed by atoms with Crippen LogP contribution in [0.25, 0.3) is 0 Å². The normalized spacial score (nSPS) is 14.4. The summed E-state index contributed by atoms with van der Waals surface area (Å²) < 4.78 is 109. The van der Waals surface area contributed by atoms with Crippen LogP contribution in [0.3, 0.4) is 0 Å². The Morgan fingerprint density at radius 1 is 0.875 bits per heavy atom. The molecule has 0 aromatic heterocycles. The van der Waals surface area contributed by atoms with Crippen molar-refractivity contribution in [3.63, 3.8) is 0 Å². The van der Waals surface area contributed by atoms with Crippen molar-refractivity contribution < 1.29 is 42.7 Å². The molecule has 1 N–H and O–H groups in total. The molecule has 94 valence electrons. The van der Waals surface area contributed by atoms with Gasteiger partial charge in [-0.2, -0.15) is 30.4 Å². The van der Waals surface area contributed by atoms with Crippen LogP contribution in [0.2, 0.25) is 0 Å². The molecule has 14 heteroatoms. The van der Waals surface area contributed by atoms with Crippen molar-refractivity contribution in [2.45, 2.75) is 11.4 Å². The van der Waals surface area contributed by atoms with Gasteiger partial charge in [0.15, 0.2) is 0 Å². The first-order valence-electron chi connectivity index (χ1n) is 2.63. The maximum absolute atomic E-state index is 12.0. The number of alkyl halides is 5. The minimum absolute atomic E-state index is 0. The molecule has 0 fully saturated rings. The fourth-order valence-corrected chi connectivity index (χ4v) is 2.11. The standard InChI is InChI=1S/C2HF6NO4S2.Cs.H/c3-1(4,5)2(6,7)14(10,11)9-15(8,12)13;;/h9H;;. The van der Waals surface area contributed by atoms with Crippen LogP contribution in [0.5, 0.6) is 0 Å². The van der Waals surface area contributed by atoms with Crippen molar-refractivity contribution in [3.05, 3.63) is 0 Å². The molecule has 0 aliphatic heterocycles.